The molecule has 184 valence electrons. The molecule has 3 aromatic rings. The average Bonchev–Trinajstić information content (AvgIpc) is 3.12. The Hall–Kier alpha value is -3.50. The number of nitrogens with zero attached hydrogens (tertiary/aromatic N) is 6. The SMILES string of the molecule is Cc1nc(-c2nnn(C)c2COc2noc(C3CC3)n2)ccc1O[C@@H]1C[C@H]2CC[C@H](C(=O)O)[C@H]2C1. The van der Waals surface area contributed by atoms with Gasteiger partial charge in [0.15, 0.2) is 0 Å². The van der Waals surface area contributed by atoms with Crippen molar-refractivity contribution in [2.24, 2.45) is 24.8 Å². The molecule has 3 aliphatic rings. The Bertz CT molecular complexity index is 1250. The topological polar surface area (TPSA) is 138 Å². The summed E-state index contributed by atoms with van der Waals surface area (Å²) in [4.78, 5) is 20.6. The number of ether oxygens (including phenoxy) is 2. The highest BCUT2D eigenvalue weighted by atomic mass is 16.6. The second kappa shape index (κ2) is 8.62. The van der Waals surface area contributed by atoms with Gasteiger partial charge >= 0.3 is 12.0 Å². The molecular weight excluding hydrogens is 452 g/mol. The van der Waals surface area contributed by atoms with Crippen LogP contribution in [0.3, 0.4) is 0 Å². The molecule has 0 aromatic carbocycles. The Kier molecular flexibility index (Phi) is 5.42. The number of fused-ring (bicyclic) bond motifs is 1. The van der Waals surface area contributed by atoms with E-state index in [1.165, 1.54) is 0 Å². The standard InChI is InChI=1S/C24H28N6O5/c1-12-20(34-15-9-14-5-6-16(23(31)32)17(14)10-15)8-7-18(25-12)21-19(30(2)29-27-21)11-33-24-26-22(35-28-24)13-3-4-13/h7-8,13-17H,3-6,9-11H2,1-2H3,(H,31,32)/t14-,15-,16+,17+/m1/s1. The van der Waals surface area contributed by atoms with E-state index in [1.807, 2.05) is 19.1 Å². The van der Waals surface area contributed by atoms with E-state index in [4.69, 9.17) is 19.0 Å². The summed E-state index contributed by atoms with van der Waals surface area (Å²) in [6.45, 7) is 2.08. The van der Waals surface area contributed by atoms with E-state index in [0.29, 0.717) is 34.9 Å². The summed E-state index contributed by atoms with van der Waals surface area (Å²) in [5.41, 5.74) is 2.78. The second-order valence-corrected chi connectivity index (χ2v) is 9.92. The summed E-state index contributed by atoms with van der Waals surface area (Å²) >= 11 is 0. The summed E-state index contributed by atoms with van der Waals surface area (Å²) in [6, 6.07) is 3.98. The van der Waals surface area contributed by atoms with Crippen LogP contribution in [0.2, 0.25) is 0 Å². The number of aliphatic carboxylic acids is 1. The van der Waals surface area contributed by atoms with Crippen LogP contribution in [0.5, 0.6) is 11.8 Å². The number of rotatable bonds is 8. The van der Waals surface area contributed by atoms with Gasteiger partial charge in [0.1, 0.15) is 23.7 Å². The average molecular weight is 481 g/mol. The lowest BCUT2D eigenvalue weighted by Gasteiger charge is -2.18. The van der Waals surface area contributed by atoms with Crippen LogP contribution in [0.25, 0.3) is 11.4 Å². The van der Waals surface area contributed by atoms with Crippen LogP contribution in [-0.2, 0) is 18.4 Å². The van der Waals surface area contributed by atoms with Gasteiger partial charge in [-0.05, 0) is 74.6 Å². The highest BCUT2D eigenvalue weighted by Gasteiger charge is 2.47. The van der Waals surface area contributed by atoms with Gasteiger partial charge in [-0.3, -0.25) is 4.79 Å². The molecule has 35 heavy (non-hydrogen) atoms. The number of hydrogen-bond acceptors (Lipinski definition) is 9. The summed E-state index contributed by atoms with van der Waals surface area (Å²) in [6.07, 6.45) is 5.62. The first-order valence-corrected chi connectivity index (χ1v) is 12.2. The molecule has 3 aliphatic carbocycles. The van der Waals surface area contributed by atoms with Crippen LogP contribution in [0, 0.1) is 24.7 Å². The molecule has 0 aliphatic heterocycles. The van der Waals surface area contributed by atoms with Crippen LogP contribution in [0.1, 0.15) is 61.7 Å². The zero-order valence-electron chi connectivity index (χ0n) is 19.8. The van der Waals surface area contributed by atoms with E-state index in [2.05, 4.69) is 20.5 Å². The van der Waals surface area contributed by atoms with E-state index in [1.54, 1.807) is 11.7 Å². The van der Waals surface area contributed by atoms with Gasteiger partial charge in [-0.1, -0.05) is 5.21 Å². The first-order valence-electron chi connectivity index (χ1n) is 12.2. The highest BCUT2D eigenvalue weighted by molar-refractivity contribution is 5.71. The predicted octanol–water partition coefficient (Wildman–Crippen LogP) is 3.29. The number of hydrogen-bond donors (Lipinski definition) is 1. The third-order valence-electron chi connectivity index (χ3n) is 7.59. The van der Waals surface area contributed by atoms with Gasteiger partial charge in [-0.25, -0.2) is 9.67 Å². The molecule has 0 saturated heterocycles. The minimum absolute atomic E-state index is 0.0227. The number of carboxylic acids is 1. The maximum atomic E-state index is 11.5. The molecule has 3 saturated carbocycles. The van der Waals surface area contributed by atoms with Crippen molar-refractivity contribution >= 4 is 5.97 Å². The largest absolute Gasteiger partial charge is 0.489 e. The fourth-order valence-electron chi connectivity index (χ4n) is 5.57. The first-order chi connectivity index (χ1) is 17.0. The lowest BCUT2D eigenvalue weighted by Crippen LogP contribution is -2.21. The van der Waals surface area contributed by atoms with Gasteiger partial charge in [-0.15, -0.1) is 5.10 Å². The monoisotopic (exact) mass is 480 g/mol. The zero-order valence-corrected chi connectivity index (χ0v) is 19.8. The van der Waals surface area contributed by atoms with Gasteiger partial charge in [0.05, 0.1) is 23.4 Å². The first kappa shape index (κ1) is 22.0. The smallest absolute Gasteiger partial charge is 0.354 e. The molecule has 0 spiro atoms. The van der Waals surface area contributed by atoms with Gasteiger partial charge in [0.2, 0.25) is 5.89 Å². The molecule has 1 N–H and O–H groups in total. The Morgan fingerprint density at radius 2 is 2.06 bits per heavy atom. The third kappa shape index (κ3) is 4.23. The van der Waals surface area contributed by atoms with E-state index >= 15 is 0 Å². The van der Waals surface area contributed by atoms with Gasteiger partial charge < -0.3 is 19.1 Å². The molecule has 3 heterocycles. The fraction of sp³-hybridized carbons (Fsp3) is 0.583. The van der Waals surface area contributed by atoms with Crippen LogP contribution in [0.4, 0.5) is 0 Å². The van der Waals surface area contributed by atoms with Crippen molar-refractivity contribution < 1.29 is 23.9 Å². The lowest BCUT2D eigenvalue weighted by atomic mass is 9.92. The molecule has 11 heteroatoms. The zero-order chi connectivity index (χ0) is 24.1. The number of carboxylic acid groups (broad SMARTS) is 1. The normalized spacial score (nSPS) is 25.5. The van der Waals surface area contributed by atoms with Crippen molar-refractivity contribution in [3.63, 3.8) is 0 Å². The van der Waals surface area contributed by atoms with Gasteiger partial charge in [-0.2, -0.15) is 4.98 Å². The molecular formula is C24H28N6O5. The molecule has 0 amide bonds. The van der Waals surface area contributed by atoms with E-state index in [9.17, 15) is 9.90 Å². The highest BCUT2D eigenvalue weighted by Crippen LogP contribution is 2.48. The van der Waals surface area contributed by atoms with E-state index in [0.717, 1.165) is 49.9 Å². The van der Waals surface area contributed by atoms with Gasteiger partial charge in [0, 0.05) is 13.0 Å². The number of carbonyl (C=O) groups is 1. The molecule has 0 radical (unpaired) electrons. The molecule has 3 aromatic heterocycles. The Labute approximate surface area is 201 Å². The van der Waals surface area contributed by atoms with Crippen molar-refractivity contribution in [3.8, 4) is 23.1 Å². The summed E-state index contributed by atoms with van der Waals surface area (Å²) in [5, 5.41) is 21.8. The van der Waals surface area contributed by atoms with Gasteiger partial charge in [0.25, 0.3) is 0 Å². The lowest BCUT2D eigenvalue weighted by molar-refractivity contribution is -0.143. The molecule has 4 atom stereocenters. The number of aryl methyl sites for hydroxylation is 2. The van der Waals surface area contributed by atoms with Crippen molar-refractivity contribution in [2.75, 3.05) is 0 Å². The van der Waals surface area contributed by atoms with Crippen molar-refractivity contribution in [2.45, 2.75) is 64.1 Å². The van der Waals surface area contributed by atoms with E-state index < -0.39 is 5.97 Å². The molecule has 0 unspecified atom stereocenters. The Balaban J connectivity index is 1.14. The number of pyridine rings is 1. The van der Waals surface area contributed by atoms with Crippen LogP contribution >= 0.6 is 0 Å². The minimum atomic E-state index is -0.674. The Morgan fingerprint density at radius 3 is 2.83 bits per heavy atom. The maximum Gasteiger partial charge on any atom is 0.354 e. The maximum absolute atomic E-state index is 11.5. The molecule has 0 bridgehead atoms. The van der Waals surface area contributed by atoms with E-state index in [-0.39, 0.29) is 30.6 Å². The predicted molar refractivity (Wildman–Crippen MR) is 121 cm³/mol. The summed E-state index contributed by atoms with van der Waals surface area (Å²) in [5.74, 6) is 1.45. The third-order valence-corrected chi connectivity index (χ3v) is 7.59. The molecule has 6 rings (SSSR count). The Morgan fingerprint density at radius 1 is 1.20 bits per heavy atom. The molecule has 3 fully saturated rings. The van der Waals surface area contributed by atoms with Crippen molar-refractivity contribution in [3.05, 3.63) is 29.4 Å². The van der Waals surface area contributed by atoms with Crippen LogP contribution < -0.4 is 9.47 Å². The van der Waals surface area contributed by atoms with Crippen LogP contribution in [-0.4, -0.2) is 47.3 Å². The van der Waals surface area contributed by atoms with Crippen molar-refractivity contribution in [1.82, 2.24) is 30.1 Å². The molecule has 11 nitrogen and oxygen atoms in total. The fourth-order valence-corrected chi connectivity index (χ4v) is 5.57. The summed E-state index contributed by atoms with van der Waals surface area (Å²) in [7, 11) is 1.80. The second-order valence-electron chi connectivity index (χ2n) is 9.92. The van der Waals surface area contributed by atoms with Crippen molar-refractivity contribution in [1.29, 1.82) is 0 Å². The number of aromatic nitrogens is 6. The quantitative estimate of drug-likeness (QED) is 0.511. The summed E-state index contributed by atoms with van der Waals surface area (Å²) < 4.78 is 18.9. The minimum Gasteiger partial charge on any atom is -0.489 e. The van der Waals surface area contributed by atoms with Crippen LogP contribution in [0.15, 0.2) is 16.7 Å².